The van der Waals surface area contributed by atoms with Crippen LogP contribution in [0.2, 0.25) is 0 Å². The molecule has 0 aliphatic carbocycles. The number of nitrogens with one attached hydrogen (secondary N) is 1. The lowest BCUT2D eigenvalue weighted by Gasteiger charge is -2.26. The molecule has 0 saturated heterocycles. The number of benzene rings is 2. The zero-order chi connectivity index (χ0) is 18.5. The van der Waals surface area contributed by atoms with Crippen LogP contribution in [0.25, 0.3) is 0 Å². The highest BCUT2D eigenvalue weighted by Crippen LogP contribution is 2.27. The van der Waals surface area contributed by atoms with E-state index in [0.717, 1.165) is 5.56 Å². The normalized spacial score (nSPS) is 11.6. The molecule has 1 amide bonds. The van der Waals surface area contributed by atoms with Crippen LogP contribution in [0.5, 0.6) is 0 Å². The maximum atomic E-state index is 12.3. The molecule has 0 aliphatic rings. The largest absolute Gasteiger partial charge is 0.755 e. The SMILES string of the molecule is Cc1ccc(N(c2ccc(C(=O)Nc3ccncc3)cc2)S(=O)[O-])cc1. The maximum absolute atomic E-state index is 12.3. The van der Waals surface area contributed by atoms with Crippen LogP contribution >= 0.6 is 0 Å². The number of nitrogens with zero attached hydrogens (tertiary/aromatic N) is 2. The van der Waals surface area contributed by atoms with Crippen LogP contribution in [0.15, 0.2) is 73.1 Å². The molecule has 0 aliphatic heterocycles. The zero-order valence-electron chi connectivity index (χ0n) is 14.0. The molecule has 0 saturated carbocycles. The first-order chi connectivity index (χ1) is 12.5. The number of rotatable bonds is 5. The van der Waals surface area contributed by atoms with Gasteiger partial charge in [-0.25, -0.2) is 0 Å². The highest BCUT2D eigenvalue weighted by molar-refractivity contribution is 7.81. The average molecular weight is 366 g/mol. The first kappa shape index (κ1) is 17.8. The van der Waals surface area contributed by atoms with Gasteiger partial charge in [-0.05, 0) is 55.5 Å². The Morgan fingerprint density at radius 2 is 1.50 bits per heavy atom. The summed E-state index contributed by atoms with van der Waals surface area (Å²) in [5, 5.41) is 2.75. The summed E-state index contributed by atoms with van der Waals surface area (Å²) in [6, 6.07) is 16.9. The van der Waals surface area contributed by atoms with Gasteiger partial charge in [-0.3, -0.25) is 18.3 Å². The maximum Gasteiger partial charge on any atom is 0.255 e. The van der Waals surface area contributed by atoms with E-state index in [9.17, 15) is 13.6 Å². The van der Waals surface area contributed by atoms with E-state index in [1.165, 1.54) is 4.31 Å². The minimum Gasteiger partial charge on any atom is -0.755 e. The summed E-state index contributed by atoms with van der Waals surface area (Å²) in [4.78, 5) is 16.2. The molecule has 0 spiro atoms. The van der Waals surface area contributed by atoms with E-state index < -0.39 is 11.3 Å². The van der Waals surface area contributed by atoms with Crippen molar-refractivity contribution in [2.75, 3.05) is 9.62 Å². The molecule has 0 fully saturated rings. The van der Waals surface area contributed by atoms with Crippen molar-refractivity contribution in [2.45, 2.75) is 6.92 Å². The van der Waals surface area contributed by atoms with Gasteiger partial charge < -0.3 is 9.87 Å². The van der Waals surface area contributed by atoms with Crippen molar-refractivity contribution >= 4 is 34.2 Å². The van der Waals surface area contributed by atoms with Crippen LogP contribution in [0, 0.1) is 6.92 Å². The molecule has 3 rings (SSSR count). The summed E-state index contributed by atoms with van der Waals surface area (Å²) in [5.74, 6) is -0.284. The predicted octanol–water partition coefficient (Wildman–Crippen LogP) is 3.57. The van der Waals surface area contributed by atoms with Crippen LogP contribution in [-0.4, -0.2) is 19.7 Å². The molecular formula is C19H16N3O3S-. The number of anilines is 3. The van der Waals surface area contributed by atoms with Crippen LogP contribution in [0.3, 0.4) is 0 Å². The Morgan fingerprint density at radius 1 is 0.962 bits per heavy atom. The highest BCUT2D eigenvalue weighted by atomic mass is 32.2. The smallest absolute Gasteiger partial charge is 0.255 e. The highest BCUT2D eigenvalue weighted by Gasteiger charge is 2.12. The van der Waals surface area contributed by atoms with Gasteiger partial charge >= 0.3 is 0 Å². The van der Waals surface area contributed by atoms with E-state index >= 15 is 0 Å². The number of amides is 1. The molecule has 0 bridgehead atoms. The summed E-state index contributed by atoms with van der Waals surface area (Å²) in [7, 11) is 0. The minimum atomic E-state index is -2.48. The first-order valence-electron chi connectivity index (χ1n) is 7.82. The van der Waals surface area contributed by atoms with Gasteiger partial charge in [0.25, 0.3) is 5.91 Å². The quantitative estimate of drug-likeness (QED) is 0.700. The van der Waals surface area contributed by atoms with E-state index in [1.54, 1.807) is 60.9 Å². The van der Waals surface area contributed by atoms with Gasteiger partial charge in [-0.2, -0.15) is 0 Å². The molecule has 1 heterocycles. The molecule has 3 aromatic rings. The molecule has 6 nitrogen and oxygen atoms in total. The van der Waals surface area contributed by atoms with Gasteiger partial charge in [0.15, 0.2) is 0 Å². The molecular weight excluding hydrogens is 350 g/mol. The van der Waals surface area contributed by atoms with Gasteiger partial charge in [-0.15, -0.1) is 0 Å². The zero-order valence-corrected chi connectivity index (χ0v) is 14.8. The van der Waals surface area contributed by atoms with E-state index in [-0.39, 0.29) is 5.91 Å². The summed E-state index contributed by atoms with van der Waals surface area (Å²) in [6.45, 7) is 1.93. The lowest BCUT2D eigenvalue weighted by Crippen LogP contribution is -2.19. The monoisotopic (exact) mass is 366 g/mol. The van der Waals surface area contributed by atoms with Gasteiger partial charge in [0.2, 0.25) is 0 Å². The third kappa shape index (κ3) is 4.14. The summed E-state index contributed by atoms with van der Waals surface area (Å²) in [5.41, 5.74) is 3.07. The number of carbonyl (C=O) groups is 1. The summed E-state index contributed by atoms with van der Waals surface area (Å²) in [6.07, 6.45) is 3.17. The van der Waals surface area contributed by atoms with E-state index in [2.05, 4.69) is 10.3 Å². The van der Waals surface area contributed by atoms with Crippen LogP contribution in [-0.2, 0) is 11.3 Å². The first-order valence-corrected chi connectivity index (χ1v) is 8.85. The minimum absolute atomic E-state index is 0.284. The Hall–Kier alpha value is -3.03. The third-order valence-corrected chi connectivity index (χ3v) is 4.44. The second-order valence-corrected chi connectivity index (χ2v) is 6.38. The Labute approximate surface area is 153 Å². The molecule has 132 valence electrons. The Morgan fingerprint density at radius 3 is 2.04 bits per heavy atom. The van der Waals surface area contributed by atoms with E-state index in [0.29, 0.717) is 22.6 Å². The molecule has 1 N–H and O–H groups in total. The van der Waals surface area contributed by atoms with E-state index in [1.807, 2.05) is 19.1 Å². The van der Waals surface area contributed by atoms with Crippen LogP contribution < -0.4 is 9.62 Å². The van der Waals surface area contributed by atoms with Crippen LogP contribution in [0.1, 0.15) is 15.9 Å². The molecule has 1 atom stereocenters. The van der Waals surface area contributed by atoms with Gasteiger partial charge in [0.1, 0.15) is 0 Å². The summed E-state index contributed by atoms with van der Waals surface area (Å²) >= 11 is -2.48. The van der Waals surface area contributed by atoms with Crippen molar-refractivity contribution in [1.82, 2.24) is 4.98 Å². The van der Waals surface area contributed by atoms with E-state index in [4.69, 9.17) is 0 Å². The molecule has 1 aromatic heterocycles. The third-order valence-electron chi connectivity index (χ3n) is 3.72. The lowest BCUT2D eigenvalue weighted by atomic mass is 10.1. The van der Waals surface area contributed by atoms with Crippen molar-refractivity contribution in [3.05, 3.63) is 84.2 Å². The Balaban J connectivity index is 1.82. The fourth-order valence-corrected chi connectivity index (χ4v) is 2.98. The predicted molar refractivity (Wildman–Crippen MR) is 101 cm³/mol. The molecule has 2 aromatic carbocycles. The van der Waals surface area contributed by atoms with Gasteiger partial charge in [-0.1, -0.05) is 17.7 Å². The van der Waals surface area contributed by atoms with Crippen LogP contribution in [0.4, 0.5) is 17.1 Å². The number of aromatic nitrogens is 1. The number of aryl methyl sites for hydroxylation is 1. The second kappa shape index (κ2) is 7.90. The molecule has 1 unspecified atom stereocenters. The van der Waals surface area contributed by atoms with Crippen molar-refractivity contribution in [2.24, 2.45) is 0 Å². The topological polar surface area (TPSA) is 85.4 Å². The number of hydrogen-bond donors (Lipinski definition) is 1. The van der Waals surface area contributed by atoms with Gasteiger partial charge in [0.05, 0.1) is 22.6 Å². The standard InChI is InChI=1S/C19H17N3O3S/c1-14-2-6-17(7-3-14)22(26(24)25)18-8-4-15(5-9-18)19(23)21-16-10-12-20-13-11-16/h2-13H,1H3,(H,24,25)(H,20,21,23)/p-1. The number of hydrogen-bond acceptors (Lipinski definition) is 4. The fourth-order valence-electron chi connectivity index (χ4n) is 2.39. The second-order valence-electron chi connectivity index (χ2n) is 5.58. The lowest BCUT2D eigenvalue weighted by molar-refractivity contribution is 0.102. The van der Waals surface area contributed by atoms with Crippen molar-refractivity contribution in [1.29, 1.82) is 0 Å². The number of carbonyl (C=O) groups excluding carboxylic acids is 1. The molecule has 26 heavy (non-hydrogen) atoms. The average Bonchev–Trinajstić information content (AvgIpc) is 2.64. The molecule has 7 heteroatoms. The van der Waals surface area contributed by atoms with Gasteiger partial charge in [0, 0.05) is 23.6 Å². The van der Waals surface area contributed by atoms with Crippen molar-refractivity contribution in [3.8, 4) is 0 Å². The Bertz CT molecular complexity index is 913. The Kier molecular flexibility index (Phi) is 5.40. The molecule has 0 radical (unpaired) electrons. The summed E-state index contributed by atoms with van der Waals surface area (Å²) < 4.78 is 24.5. The van der Waals surface area contributed by atoms with Crippen molar-refractivity contribution in [3.63, 3.8) is 0 Å². The fraction of sp³-hybridized carbons (Fsp3) is 0.0526. The van der Waals surface area contributed by atoms with Crippen molar-refractivity contribution < 1.29 is 13.6 Å². The number of pyridine rings is 1.